The van der Waals surface area contributed by atoms with Crippen LogP contribution in [-0.4, -0.2) is 26.4 Å². The Morgan fingerprint density at radius 3 is 2.54 bits per heavy atom. The van der Waals surface area contributed by atoms with E-state index in [4.69, 9.17) is 0 Å². The summed E-state index contributed by atoms with van der Waals surface area (Å²) < 4.78 is 45.6. The highest BCUT2D eigenvalue weighted by Crippen LogP contribution is 2.28. The lowest BCUT2D eigenvalue weighted by atomic mass is 10.2. The number of benzene rings is 2. The first-order valence-corrected chi connectivity index (χ1v) is 9.19. The van der Waals surface area contributed by atoms with Crippen molar-refractivity contribution in [3.05, 3.63) is 61.9 Å². The maximum Gasteiger partial charge on any atom is 0.339 e. The van der Waals surface area contributed by atoms with E-state index < -0.39 is 42.9 Å². The second kappa shape index (κ2) is 7.38. The number of carbonyl (C=O) groups excluding carboxylic acids is 1. The van der Waals surface area contributed by atoms with Crippen LogP contribution < -0.4 is 4.72 Å². The summed E-state index contributed by atoms with van der Waals surface area (Å²) in [6.07, 6.45) is 0. The van der Waals surface area contributed by atoms with Crippen LogP contribution in [0, 0.1) is 22.9 Å². The number of aryl methyl sites for hydroxylation is 1. The van der Waals surface area contributed by atoms with Gasteiger partial charge in [-0.05, 0) is 46.6 Å². The molecule has 138 valence electrons. The average molecular weight is 447 g/mol. The summed E-state index contributed by atoms with van der Waals surface area (Å²) >= 11 is 2.96. The number of hydrogen-bond donors (Lipinski definition) is 1. The Bertz CT molecular complexity index is 1010. The molecule has 2 aromatic rings. The number of nitrogens with one attached hydrogen (secondary N) is 1. The van der Waals surface area contributed by atoms with Gasteiger partial charge in [0.2, 0.25) is 0 Å². The molecule has 0 radical (unpaired) electrons. The molecule has 11 heteroatoms. The topological polar surface area (TPSA) is 116 Å². The van der Waals surface area contributed by atoms with Crippen molar-refractivity contribution in [3.8, 4) is 0 Å². The Hall–Kier alpha value is -2.53. The Kier molecular flexibility index (Phi) is 5.62. The molecule has 0 saturated heterocycles. The van der Waals surface area contributed by atoms with Gasteiger partial charge in [-0.25, -0.2) is 17.6 Å². The van der Waals surface area contributed by atoms with Gasteiger partial charge < -0.3 is 4.74 Å². The van der Waals surface area contributed by atoms with Crippen molar-refractivity contribution in [2.75, 3.05) is 11.8 Å². The minimum atomic E-state index is -4.31. The van der Waals surface area contributed by atoms with E-state index in [1.807, 2.05) is 0 Å². The van der Waals surface area contributed by atoms with E-state index >= 15 is 0 Å². The van der Waals surface area contributed by atoms with Crippen LogP contribution in [0.4, 0.5) is 15.8 Å². The van der Waals surface area contributed by atoms with Crippen LogP contribution in [0.5, 0.6) is 0 Å². The molecule has 2 aromatic carbocycles. The van der Waals surface area contributed by atoms with Gasteiger partial charge in [-0.3, -0.25) is 14.8 Å². The Morgan fingerprint density at radius 2 is 1.96 bits per heavy atom. The lowest BCUT2D eigenvalue weighted by Crippen LogP contribution is -2.18. The first-order chi connectivity index (χ1) is 12.1. The maximum absolute atomic E-state index is 13.5. The number of methoxy groups -OCH3 is 1. The highest BCUT2D eigenvalue weighted by molar-refractivity contribution is 9.10. The van der Waals surface area contributed by atoms with Gasteiger partial charge in [0.05, 0.1) is 27.8 Å². The summed E-state index contributed by atoms with van der Waals surface area (Å²) in [5.74, 6) is -1.62. The number of halogens is 2. The Labute approximate surface area is 156 Å². The smallest absolute Gasteiger partial charge is 0.339 e. The van der Waals surface area contributed by atoms with E-state index in [2.05, 4.69) is 25.4 Å². The molecule has 1 N–H and O–H groups in total. The summed E-state index contributed by atoms with van der Waals surface area (Å²) in [6, 6.07) is 5.05. The van der Waals surface area contributed by atoms with Crippen LogP contribution >= 0.6 is 15.9 Å². The molecule has 0 saturated carbocycles. The van der Waals surface area contributed by atoms with Crippen molar-refractivity contribution < 1.29 is 27.3 Å². The summed E-state index contributed by atoms with van der Waals surface area (Å²) in [5.41, 5.74) is -0.582. The first-order valence-electron chi connectivity index (χ1n) is 6.92. The molecule has 8 nitrogen and oxygen atoms in total. The standard InChI is InChI=1S/C15H12BrFN2O6S/c1-8-5-12(17)11(16)7-13(8)18-26(23,24)14-4-3-9(19(21)22)6-10(14)15(20)25-2/h3-7,18H,1-2H3. The minimum absolute atomic E-state index is 0.0395. The minimum Gasteiger partial charge on any atom is -0.465 e. The molecule has 0 spiro atoms. The van der Waals surface area contributed by atoms with Gasteiger partial charge in [-0.1, -0.05) is 0 Å². The highest BCUT2D eigenvalue weighted by atomic mass is 79.9. The van der Waals surface area contributed by atoms with Crippen molar-refractivity contribution in [3.63, 3.8) is 0 Å². The van der Waals surface area contributed by atoms with Crippen LogP contribution in [0.25, 0.3) is 0 Å². The van der Waals surface area contributed by atoms with Crippen molar-refractivity contribution in [1.29, 1.82) is 0 Å². The number of rotatable bonds is 5. The van der Waals surface area contributed by atoms with E-state index in [1.54, 1.807) is 0 Å². The average Bonchev–Trinajstić information content (AvgIpc) is 2.58. The summed E-state index contributed by atoms with van der Waals surface area (Å²) in [7, 11) is -3.29. The maximum atomic E-state index is 13.5. The number of nitro groups is 1. The third kappa shape index (κ3) is 3.99. The number of non-ortho nitro benzene ring substituents is 1. The summed E-state index contributed by atoms with van der Waals surface area (Å²) in [6.45, 7) is 1.49. The van der Waals surface area contributed by atoms with E-state index in [9.17, 15) is 27.7 Å². The van der Waals surface area contributed by atoms with Crippen LogP contribution in [0.1, 0.15) is 15.9 Å². The van der Waals surface area contributed by atoms with Gasteiger partial charge in [-0.2, -0.15) is 0 Å². The quantitative estimate of drug-likeness (QED) is 0.427. The molecule has 0 aliphatic carbocycles. The summed E-state index contributed by atoms with van der Waals surface area (Å²) in [4.78, 5) is 21.5. The lowest BCUT2D eigenvalue weighted by molar-refractivity contribution is -0.384. The normalized spacial score (nSPS) is 11.1. The zero-order valence-electron chi connectivity index (χ0n) is 13.4. The zero-order chi connectivity index (χ0) is 19.6. The fraction of sp³-hybridized carbons (Fsp3) is 0.133. The predicted octanol–water partition coefficient (Wildman–Crippen LogP) is 3.39. The van der Waals surface area contributed by atoms with Crippen LogP contribution in [0.15, 0.2) is 39.7 Å². The van der Waals surface area contributed by atoms with Gasteiger partial charge in [0, 0.05) is 12.1 Å². The molecule has 0 fully saturated rings. The molecule has 0 aliphatic rings. The van der Waals surface area contributed by atoms with Gasteiger partial charge in [-0.15, -0.1) is 0 Å². The third-order valence-corrected chi connectivity index (χ3v) is 5.41. The number of nitro benzene ring substituents is 1. The van der Waals surface area contributed by atoms with Gasteiger partial charge in [0.25, 0.3) is 15.7 Å². The number of anilines is 1. The largest absolute Gasteiger partial charge is 0.465 e. The Balaban J connectivity index is 2.57. The Morgan fingerprint density at radius 1 is 1.31 bits per heavy atom. The zero-order valence-corrected chi connectivity index (χ0v) is 15.9. The molecular formula is C15H12BrFN2O6S. The molecule has 0 atom stereocenters. The molecule has 0 unspecified atom stereocenters. The second-order valence-electron chi connectivity index (χ2n) is 5.12. The number of sulfonamides is 1. The molecule has 26 heavy (non-hydrogen) atoms. The van der Waals surface area contributed by atoms with E-state index in [0.29, 0.717) is 5.56 Å². The SMILES string of the molecule is COC(=O)c1cc([N+](=O)[O-])ccc1S(=O)(=O)Nc1cc(Br)c(F)cc1C. The van der Waals surface area contributed by atoms with Gasteiger partial charge in [0.15, 0.2) is 0 Å². The van der Waals surface area contributed by atoms with Crippen LogP contribution in [0.2, 0.25) is 0 Å². The second-order valence-corrected chi connectivity index (χ2v) is 7.62. The van der Waals surface area contributed by atoms with Crippen molar-refractivity contribution >= 4 is 43.3 Å². The fourth-order valence-corrected chi connectivity index (χ4v) is 3.73. The molecule has 0 amide bonds. The number of ether oxygens (including phenoxy) is 1. The highest BCUT2D eigenvalue weighted by Gasteiger charge is 2.26. The van der Waals surface area contributed by atoms with Crippen molar-refractivity contribution in [2.45, 2.75) is 11.8 Å². The van der Waals surface area contributed by atoms with Gasteiger partial charge >= 0.3 is 5.97 Å². The van der Waals surface area contributed by atoms with Crippen LogP contribution in [-0.2, 0) is 14.8 Å². The number of hydrogen-bond acceptors (Lipinski definition) is 6. The van der Waals surface area contributed by atoms with Crippen molar-refractivity contribution in [2.24, 2.45) is 0 Å². The van der Waals surface area contributed by atoms with E-state index in [1.165, 1.54) is 13.0 Å². The van der Waals surface area contributed by atoms with Gasteiger partial charge in [0.1, 0.15) is 10.7 Å². The summed E-state index contributed by atoms with van der Waals surface area (Å²) in [5, 5.41) is 10.9. The predicted molar refractivity (Wildman–Crippen MR) is 94.1 cm³/mol. The molecule has 0 aromatic heterocycles. The molecule has 0 bridgehead atoms. The van der Waals surface area contributed by atoms with Crippen molar-refractivity contribution in [1.82, 2.24) is 0 Å². The first kappa shape index (κ1) is 19.8. The lowest BCUT2D eigenvalue weighted by Gasteiger charge is -2.13. The monoisotopic (exact) mass is 446 g/mol. The fourth-order valence-electron chi connectivity index (χ4n) is 2.09. The number of nitrogens with zero attached hydrogens (tertiary/aromatic N) is 1. The molecular weight excluding hydrogens is 435 g/mol. The molecule has 0 heterocycles. The van der Waals surface area contributed by atoms with Crippen LogP contribution in [0.3, 0.4) is 0 Å². The van der Waals surface area contributed by atoms with E-state index in [0.717, 1.165) is 31.4 Å². The third-order valence-electron chi connectivity index (χ3n) is 3.38. The number of esters is 1. The van der Waals surface area contributed by atoms with E-state index in [-0.39, 0.29) is 10.2 Å². The number of carbonyl (C=O) groups is 1. The molecule has 2 rings (SSSR count). The molecule has 0 aliphatic heterocycles.